The van der Waals surface area contributed by atoms with Gasteiger partial charge in [-0.05, 0) is 24.5 Å². The summed E-state index contributed by atoms with van der Waals surface area (Å²) in [6.45, 7) is 2.43. The van der Waals surface area contributed by atoms with Gasteiger partial charge < -0.3 is 4.90 Å². The summed E-state index contributed by atoms with van der Waals surface area (Å²) in [5, 5.41) is 0. The molecule has 0 spiro atoms. The van der Waals surface area contributed by atoms with Gasteiger partial charge in [-0.3, -0.25) is 0 Å². The number of hydrogen-bond donors (Lipinski definition) is 1. The Kier molecular flexibility index (Phi) is 4.44. The number of nitrogens with one attached hydrogen (secondary N) is 1. The molecule has 1 fully saturated rings. The summed E-state index contributed by atoms with van der Waals surface area (Å²) in [5.74, 6) is 0. The molecule has 1 saturated heterocycles. The molecule has 1 aliphatic heterocycles. The van der Waals surface area contributed by atoms with E-state index in [0.29, 0.717) is 6.54 Å². The van der Waals surface area contributed by atoms with E-state index in [0.717, 1.165) is 24.3 Å². The van der Waals surface area contributed by atoms with E-state index in [-0.39, 0.29) is 0 Å². The van der Waals surface area contributed by atoms with Crippen LogP contribution in [0.15, 0.2) is 24.3 Å². The Labute approximate surface area is 115 Å². The first-order valence-electron chi connectivity index (χ1n) is 6.50. The predicted molar refractivity (Wildman–Crippen MR) is 77.3 cm³/mol. The van der Waals surface area contributed by atoms with Crippen molar-refractivity contribution in [2.24, 2.45) is 0 Å². The number of benzene rings is 1. The van der Waals surface area contributed by atoms with Crippen molar-refractivity contribution in [3.63, 3.8) is 0 Å². The second-order valence-corrected chi connectivity index (χ2v) is 6.90. The minimum Gasteiger partial charge on any atom is -0.371 e. The third-order valence-corrected chi connectivity index (χ3v) is 4.83. The third kappa shape index (κ3) is 3.46. The SMILES string of the molecule is CN(C)S(=O)(=O)NCc1ccccc1N1CCCC1. The van der Waals surface area contributed by atoms with Gasteiger partial charge in [0.2, 0.25) is 0 Å². The molecular formula is C13H21N3O2S. The van der Waals surface area contributed by atoms with Crippen LogP contribution in [0.3, 0.4) is 0 Å². The monoisotopic (exact) mass is 283 g/mol. The van der Waals surface area contributed by atoms with Crippen LogP contribution < -0.4 is 9.62 Å². The van der Waals surface area contributed by atoms with Gasteiger partial charge in [0.15, 0.2) is 0 Å². The van der Waals surface area contributed by atoms with E-state index in [1.807, 2.05) is 18.2 Å². The Hall–Kier alpha value is -1.11. The molecule has 1 heterocycles. The van der Waals surface area contributed by atoms with E-state index in [2.05, 4.69) is 15.7 Å². The topological polar surface area (TPSA) is 52.7 Å². The number of rotatable bonds is 5. The Morgan fingerprint density at radius 2 is 1.84 bits per heavy atom. The molecule has 6 heteroatoms. The summed E-state index contributed by atoms with van der Waals surface area (Å²) in [6.07, 6.45) is 2.41. The van der Waals surface area contributed by atoms with Gasteiger partial charge >= 0.3 is 0 Å². The normalized spacial score (nSPS) is 16.3. The summed E-state index contributed by atoms with van der Waals surface area (Å²) in [5.41, 5.74) is 2.16. The van der Waals surface area contributed by atoms with Crippen molar-refractivity contribution < 1.29 is 8.42 Å². The Bertz CT molecular complexity index is 522. The van der Waals surface area contributed by atoms with Gasteiger partial charge in [0.05, 0.1) is 0 Å². The third-order valence-electron chi connectivity index (χ3n) is 3.36. The van der Waals surface area contributed by atoms with Crippen LogP contribution in [0.5, 0.6) is 0 Å². The highest BCUT2D eigenvalue weighted by atomic mass is 32.2. The molecule has 19 heavy (non-hydrogen) atoms. The van der Waals surface area contributed by atoms with Gasteiger partial charge in [0.1, 0.15) is 0 Å². The molecule has 0 bridgehead atoms. The predicted octanol–water partition coefficient (Wildman–Crippen LogP) is 1.18. The van der Waals surface area contributed by atoms with Crippen molar-refractivity contribution in [1.29, 1.82) is 0 Å². The highest BCUT2D eigenvalue weighted by molar-refractivity contribution is 7.87. The van der Waals surface area contributed by atoms with Crippen molar-refractivity contribution in [2.75, 3.05) is 32.1 Å². The standard InChI is InChI=1S/C13H21N3O2S/c1-15(2)19(17,18)14-11-12-7-3-4-8-13(12)16-9-5-6-10-16/h3-4,7-8,14H,5-6,9-11H2,1-2H3. The second kappa shape index (κ2) is 5.90. The van der Waals surface area contributed by atoms with E-state index in [4.69, 9.17) is 0 Å². The van der Waals surface area contributed by atoms with Gasteiger partial charge in [-0.2, -0.15) is 17.4 Å². The van der Waals surface area contributed by atoms with Crippen molar-refractivity contribution in [1.82, 2.24) is 9.03 Å². The fourth-order valence-corrected chi connectivity index (χ4v) is 2.82. The first-order chi connectivity index (χ1) is 9.00. The van der Waals surface area contributed by atoms with Crippen molar-refractivity contribution in [3.8, 4) is 0 Å². The molecule has 0 amide bonds. The van der Waals surface area contributed by atoms with Gasteiger partial charge in [-0.15, -0.1) is 0 Å². The van der Waals surface area contributed by atoms with E-state index >= 15 is 0 Å². The average Bonchev–Trinajstić information content (AvgIpc) is 2.90. The molecule has 1 aliphatic rings. The Morgan fingerprint density at radius 3 is 2.47 bits per heavy atom. The highest BCUT2D eigenvalue weighted by Crippen LogP contribution is 2.24. The number of anilines is 1. The van der Waals surface area contributed by atoms with E-state index in [1.165, 1.54) is 31.2 Å². The fourth-order valence-electron chi connectivity index (χ4n) is 2.22. The number of hydrogen-bond acceptors (Lipinski definition) is 3. The second-order valence-electron chi connectivity index (χ2n) is 4.93. The minimum atomic E-state index is -3.37. The molecule has 0 aliphatic carbocycles. The molecule has 0 saturated carbocycles. The molecule has 1 aromatic rings. The lowest BCUT2D eigenvalue weighted by Crippen LogP contribution is -2.35. The molecule has 1 N–H and O–H groups in total. The van der Waals surface area contributed by atoms with E-state index < -0.39 is 10.2 Å². The maximum atomic E-state index is 11.7. The zero-order valence-electron chi connectivity index (χ0n) is 11.5. The lowest BCUT2D eigenvalue weighted by Gasteiger charge is -2.22. The molecular weight excluding hydrogens is 262 g/mol. The van der Waals surface area contributed by atoms with Gasteiger partial charge in [-0.1, -0.05) is 18.2 Å². The zero-order chi connectivity index (χ0) is 13.9. The summed E-state index contributed by atoms with van der Waals surface area (Å²) < 4.78 is 27.3. The maximum absolute atomic E-state index is 11.7. The lowest BCUT2D eigenvalue weighted by molar-refractivity contribution is 0.505. The maximum Gasteiger partial charge on any atom is 0.279 e. The summed E-state index contributed by atoms with van der Waals surface area (Å²) in [4.78, 5) is 2.32. The van der Waals surface area contributed by atoms with Crippen LogP contribution in [0.4, 0.5) is 5.69 Å². The van der Waals surface area contributed by atoms with Crippen LogP contribution in [0.1, 0.15) is 18.4 Å². The summed E-state index contributed by atoms with van der Waals surface area (Å²) >= 11 is 0. The Balaban J connectivity index is 2.12. The van der Waals surface area contributed by atoms with Crippen molar-refractivity contribution in [2.45, 2.75) is 19.4 Å². The van der Waals surface area contributed by atoms with Crippen LogP contribution in [-0.2, 0) is 16.8 Å². The zero-order valence-corrected chi connectivity index (χ0v) is 12.3. The average molecular weight is 283 g/mol. The van der Waals surface area contributed by atoms with Crippen molar-refractivity contribution in [3.05, 3.63) is 29.8 Å². The quantitative estimate of drug-likeness (QED) is 0.883. The largest absolute Gasteiger partial charge is 0.371 e. The number of nitrogens with zero attached hydrogens (tertiary/aromatic N) is 2. The molecule has 5 nitrogen and oxygen atoms in total. The van der Waals surface area contributed by atoms with Crippen LogP contribution in [0.25, 0.3) is 0 Å². The van der Waals surface area contributed by atoms with Gasteiger partial charge in [0, 0.05) is 39.4 Å². The van der Waals surface area contributed by atoms with Crippen LogP contribution in [0, 0.1) is 0 Å². The molecule has 0 unspecified atom stereocenters. The first-order valence-corrected chi connectivity index (χ1v) is 7.95. The smallest absolute Gasteiger partial charge is 0.279 e. The number of para-hydroxylation sites is 1. The minimum absolute atomic E-state index is 0.327. The van der Waals surface area contributed by atoms with Crippen LogP contribution in [-0.4, -0.2) is 39.9 Å². The van der Waals surface area contributed by atoms with Gasteiger partial charge in [-0.25, -0.2) is 0 Å². The highest BCUT2D eigenvalue weighted by Gasteiger charge is 2.17. The van der Waals surface area contributed by atoms with Crippen LogP contribution in [0.2, 0.25) is 0 Å². The molecule has 0 atom stereocenters. The van der Waals surface area contributed by atoms with E-state index in [1.54, 1.807) is 0 Å². The van der Waals surface area contributed by atoms with Crippen molar-refractivity contribution >= 4 is 15.9 Å². The molecule has 1 aromatic carbocycles. The fraction of sp³-hybridized carbons (Fsp3) is 0.538. The Morgan fingerprint density at radius 1 is 1.21 bits per heavy atom. The summed E-state index contributed by atoms with van der Waals surface area (Å²) in [7, 11) is -0.327. The van der Waals surface area contributed by atoms with E-state index in [9.17, 15) is 8.42 Å². The van der Waals surface area contributed by atoms with Crippen LogP contribution >= 0.6 is 0 Å². The lowest BCUT2D eigenvalue weighted by atomic mass is 10.1. The molecule has 0 radical (unpaired) electrons. The first kappa shape index (κ1) is 14.3. The van der Waals surface area contributed by atoms with Gasteiger partial charge in [0.25, 0.3) is 10.2 Å². The molecule has 106 valence electrons. The molecule has 2 rings (SSSR count). The summed E-state index contributed by atoms with van der Waals surface area (Å²) in [6, 6.07) is 7.98. The molecule has 0 aromatic heterocycles.